The van der Waals surface area contributed by atoms with Crippen molar-refractivity contribution in [2.24, 2.45) is 11.8 Å². The zero-order chi connectivity index (χ0) is 10.5. The second kappa shape index (κ2) is 5.67. The van der Waals surface area contributed by atoms with Gasteiger partial charge in [0.1, 0.15) is 5.78 Å². The minimum Gasteiger partial charge on any atom is -0.300 e. The van der Waals surface area contributed by atoms with E-state index < -0.39 is 0 Å². The van der Waals surface area contributed by atoms with Gasteiger partial charge in [0.15, 0.2) is 0 Å². The number of carbonyl (C=O) groups is 1. The summed E-state index contributed by atoms with van der Waals surface area (Å²) in [5, 5.41) is 0. The van der Waals surface area contributed by atoms with Gasteiger partial charge in [0.2, 0.25) is 0 Å². The molecule has 0 atom stereocenters. The molecule has 2 fully saturated rings. The van der Waals surface area contributed by atoms with Crippen molar-refractivity contribution in [1.29, 1.82) is 0 Å². The van der Waals surface area contributed by atoms with E-state index in [0.29, 0.717) is 5.78 Å². The molecule has 0 aromatic rings. The van der Waals surface area contributed by atoms with Gasteiger partial charge in [-0.2, -0.15) is 0 Å². The summed E-state index contributed by atoms with van der Waals surface area (Å²) >= 11 is 0. The van der Waals surface area contributed by atoms with Crippen molar-refractivity contribution in [2.45, 2.75) is 70.6 Å². The van der Waals surface area contributed by atoms with Gasteiger partial charge in [-0.15, -0.1) is 0 Å². The number of Topliss-reactive ketones (excluding diaryl/α,β-unsaturated/α-hetero) is 1. The van der Waals surface area contributed by atoms with Crippen molar-refractivity contribution in [1.82, 2.24) is 0 Å². The van der Waals surface area contributed by atoms with Gasteiger partial charge in [-0.05, 0) is 18.3 Å². The molecule has 1 heteroatoms. The molecule has 2 saturated carbocycles. The van der Waals surface area contributed by atoms with Gasteiger partial charge in [0, 0.05) is 12.8 Å². The summed E-state index contributed by atoms with van der Waals surface area (Å²) in [5.74, 6) is 2.20. The maximum absolute atomic E-state index is 11.8. The monoisotopic (exact) mass is 208 g/mol. The molecule has 0 bridgehead atoms. The standard InChI is InChI=1S/C14H24O/c15-14(10-9-12-7-8-12)11-13-5-3-1-2-4-6-13/h12-13H,1-11H2. The molecule has 2 rings (SSSR count). The molecule has 0 unspecified atom stereocenters. The Hall–Kier alpha value is -0.330. The van der Waals surface area contributed by atoms with Crippen LogP contribution in [-0.4, -0.2) is 5.78 Å². The maximum Gasteiger partial charge on any atom is 0.133 e. The summed E-state index contributed by atoms with van der Waals surface area (Å²) in [7, 11) is 0. The van der Waals surface area contributed by atoms with Crippen molar-refractivity contribution >= 4 is 5.78 Å². The first-order valence-corrected chi connectivity index (χ1v) is 6.86. The molecule has 15 heavy (non-hydrogen) atoms. The van der Waals surface area contributed by atoms with Gasteiger partial charge < -0.3 is 0 Å². The van der Waals surface area contributed by atoms with Crippen LogP contribution in [-0.2, 0) is 4.79 Å². The molecule has 0 heterocycles. The molecular formula is C14H24O. The van der Waals surface area contributed by atoms with Crippen molar-refractivity contribution in [3.05, 3.63) is 0 Å². The largest absolute Gasteiger partial charge is 0.300 e. The van der Waals surface area contributed by atoms with E-state index in [2.05, 4.69) is 0 Å². The van der Waals surface area contributed by atoms with Crippen LogP contribution in [0.3, 0.4) is 0 Å². The highest BCUT2D eigenvalue weighted by atomic mass is 16.1. The fourth-order valence-electron chi connectivity index (χ4n) is 2.76. The Bertz CT molecular complexity index is 197. The molecule has 0 spiro atoms. The van der Waals surface area contributed by atoms with Gasteiger partial charge in [0.25, 0.3) is 0 Å². The quantitative estimate of drug-likeness (QED) is 0.621. The highest BCUT2D eigenvalue weighted by Crippen LogP contribution is 2.34. The Labute approximate surface area is 93.6 Å². The van der Waals surface area contributed by atoms with Gasteiger partial charge in [-0.25, -0.2) is 0 Å². The maximum atomic E-state index is 11.8. The average molecular weight is 208 g/mol. The van der Waals surface area contributed by atoms with Crippen LogP contribution in [0.4, 0.5) is 0 Å². The summed E-state index contributed by atoms with van der Waals surface area (Å²) in [6, 6.07) is 0. The predicted molar refractivity (Wildman–Crippen MR) is 62.8 cm³/mol. The minimum absolute atomic E-state index is 0.550. The van der Waals surface area contributed by atoms with Gasteiger partial charge in [0.05, 0.1) is 0 Å². The fourth-order valence-corrected chi connectivity index (χ4v) is 2.76. The Balaban J connectivity index is 1.62. The van der Waals surface area contributed by atoms with Crippen LogP contribution in [0.15, 0.2) is 0 Å². The van der Waals surface area contributed by atoms with E-state index in [1.807, 2.05) is 0 Å². The van der Waals surface area contributed by atoms with E-state index in [1.54, 1.807) is 0 Å². The molecule has 0 N–H and O–H groups in total. The topological polar surface area (TPSA) is 17.1 Å². The highest BCUT2D eigenvalue weighted by molar-refractivity contribution is 5.78. The number of hydrogen-bond acceptors (Lipinski definition) is 1. The highest BCUT2D eigenvalue weighted by Gasteiger charge is 2.23. The molecule has 1 nitrogen and oxygen atoms in total. The van der Waals surface area contributed by atoms with E-state index in [0.717, 1.165) is 24.7 Å². The number of hydrogen-bond donors (Lipinski definition) is 0. The van der Waals surface area contributed by atoms with E-state index in [9.17, 15) is 4.79 Å². The van der Waals surface area contributed by atoms with Crippen LogP contribution in [0.5, 0.6) is 0 Å². The SMILES string of the molecule is O=C(CCC1CC1)CC1CCCCCC1. The lowest BCUT2D eigenvalue weighted by atomic mass is 9.93. The van der Waals surface area contributed by atoms with Crippen molar-refractivity contribution in [3.63, 3.8) is 0 Å². The molecule has 0 radical (unpaired) electrons. The van der Waals surface area contributed by atoms with Crippen molar-refractivity contribution in [3.8, 4) is 0 Å². The van der Waals surface area contributed by atoms with Crippen LogP contribution in [0.1, 0.15) is 70.6 Å². The molecule has 86 valence electrons. The molecule has 0 aromatic heterocycles. The molecule has 0 aromatic carbocycles. The lowest BCUT2D eigenvalue weighted by molar-refractivity contribution is -0.120. The van der Waals surface area contributed by atoms with Crippen LogP contribution in [0.25, 0.3) is 0 Å². The summed E-state index contributed by atoms with van der Waals surface area (Å²) < 4.78 is 0. The Kier molecular flexibility index (Phi) is 4.22. The summed E-state index contributed by atoms with van der Waals surface area (Å²) in [6.45, 7) is 0. The first-order valence-electron chi connectivity index (χ1n) is 6.86. The summed E-state index contributed by atoms with van der Waals surface area (Å²) in [4.78, 5) is 11.8. The molecule has 0 saturated heterocycles. The zero-order valence-electron chi connectivity index (χ0n) is 9.84. The number of rotatable bonds is 5. The second-order valence-electron chi connectivity index (χ2n) is 5.58. The lowest BCUT2D eigenvalue weighted by Crippen LogP contribution is -2.08. The Morgan fingerprint density at radius 3 is 2.13 bits per heavy atom. The van der Waals surface area contributed by atoms with E-state index in [1.165, 1.54) is 57.8 Å². The molecule has 2 aliphatic carbocycles. The van der Waals surface area contributed by atoms with E-state index in [4.69, 9.17) is 0 Å². The second-order valence-corrected chi connectivity index (χ2v) is 5.58. The van der Waals surface area contributed by atoms with E-state index in [-0.39, 0.29) is 0 Å². The molecule has 2 aliphatic rings. The van der Waals surface area contributed by atoms with Gasteiger partial charge >= 0.3 is 0 Å². The third-order valence-electron chi connectivity index (χ3n) is 4.02. The minimum atomic E-state index is 0.550. The fraction of sp³-hybridized carbons (Fsp3) is 0.929. The first-order chi connectivity index (χ1) is 7.34. The lowest BCUT2D eigenvalue weighted by Gasteiger charge is -2.12. The predicted octanol–water partition coefficient (Wildman–Crippen LogP) is 4.11. The third kappa shape index (κ3) is 4.36. The summed E-state index contributed by atoms with van der Waals surface area (Å²) in [5.41, 5.74) is 0. The Morgan fingerprint density at radius 2 is 1.53 bits per heavy atom. The summed E-state index contributed by atoms with van der Waals surface area (Å²) in [6.07, 6.45) is 13.9. The third-order valence-corrected chi connectivity index (χ3v) is 4.02. The average Bonchev–Trinajstić information content (AvgIpc) is 3.03. The van der Waals surface area contributed by atoms with Crippen LogP contribution in [0.2, 0.25) is 0 Å². The van der Waals surface area contributed by atoms with Crippen LogP contribution in [0, 0.1) is 11.8 Å². The van der Waals surface area contributed by atoms with E-state index >= 15 is 0 Å². The molecule has 0 aliphatic heterocycles. The Morgan fingerprint density at radius 1 is 0.867 bits per heavy atom. The molecular weight excluding hydrogens is 184 g/mol. The van der Waals surface area contributed by atoms with Crippen molar-refractivity contribution in [2.75, 3.05) is 0 Å². The first kappa shape index (κ1) is 11.2. The van der Waals surface area contributed by atoms with Crippen LogP contribution < -0.4 is 0 Å². The number of ketones is 1. The van der Waals surface area contributed by atoms with Gasteiger partial charge in [-0.3, -0.25) is 4.79 Å². The number of carbonyl (C=O) groups excluding carboxylic acids is 1. The zero-order valence-corrected chi connectivity index (χ0v) is 9.84. The molecule has 0 amide bonds. The smallest absolute Gasteiger partial charge is 0.133 e. The van der Waals surface area contributed by atoms with Crippen molar-refractivity contribution < 1.29 is 4.79 Å². The van der Waals surface area contributed by atoms with Crippen LogP contribution >= 0.6 is 0 Å². The van der Waals surface area contributed by atoms with Gasteiger partial charge in [-0.1, -0.05) is 51.4 Å². The normalized spacial score (nSPS) is 23.7.